The fraction of sp³-hybridized carbons (Fsp3) is 0. The number of hydrogen-bond donors (Lipinski definition) is 0. The molecule has 1 aromatic carbocycles. The van der Waals surface area contributed by atoms with E-state index in [0.29, 0.717) is 22.3 Å². The highest BCUT2D eigenvalue weighted by Crippen LogP contribution is 2.29. The van der Waals surface area contributed by atoms with Crippen molar-refractivity contribution in [2.75, 3.05) is 4.90 Å². The van der Waals surface area contributed by atoms with E-state index in [1.54, 1.807) is 24.3 Å². The molecule has 21 heavy (non-hydrogen) atoms. The Bertz CT molecular complexity index is 868. The van der Waals surface area contributed by atoms with E-state index < -0.39 is 11.8 Å². The van der Waals surface area contributed by atoms with Crippen molar-refractivity contribution < 1.29 is 9.59 Å². The van der Waals surface area contributed by atoms with Gasteiger partial charge in [0.25, 0.3) is 11.8 Å². The van der Waals surface area contributed by atoms with Crippen LogP contribution in [-0.2, 0) is 0 Å². The van der Waals surface area contributed by atoms with E-state index in [2.05, 4.69) is 19.9 Å². The van der Waals surface area contributed by atoms with Gasteiger partial charge in [-0.25, -0.2) is 24.8 Å². The predicted octanol–water partition coefficient (Wildman–Crippen LogP) is 1.22. The summed E-state index contributed by atoms with van der Waals surface area (Å²) in [6, 6.07) is 6.66. The van der Waals surface area contributed by atoms with Crippen LogP contribution in [0.2, 0.25) is 0 Å². The van der Waals surface area contributed by atoms with Crippen LogP contribution >= 0.6 is 0 Å². The summed E-state index contributed by atoms with van der Waals surface area (Å²) < 4.78 is 0. The largest absolute Gasteiger partial charge is 0.268 e. The maximum atomic E-state index is 12.4. The molecule has 0 aliphatic carbocycles. The van der Waals surface area contributed by atoms with Gasteiger partial charge >= 0.3 is 0 Å². The van der Waals surface area contributed by atoms with E-state index >= 15 is 0 Å². The number of benzene rings is 1. The van der Waals surface area contributed by atoms with Crippen molar-refractivity contribution in [1.82, 2.24) is 19.9 Å². The van der Waals surface area contributed by atoms with E-state index in [9.17, 15) is 9.59 Å². The maximum absolute atomic E-state index is 12.4. The normalized spacial score (nSPS) is 13.8. The minimum Gasteiger partial charge on any atom is -0.268 e. The van der Waals surface area contributed by atoms with Gasteiger partial charge in [0.15, 0.2) is 17.0 Å². The summed E-state index contributed by atoms with van der Waals surface area (Å²) in [5, 5.41) is 0. The second-order valence-electron chi connectivity index (χ2n) is 4.42. The van der Waals surface area contributed by atoms with Crippen LogP contribution in [0, 0.1) is 0 Å². The first-order chi connectivity index (χ1) is 10.3. The molecule has 3 aromatic rings. The highest BCUT2D eigenvalue weighted by molar-refractivity contribution is 6.35. The summed E-state index contributed by atoms with van der Waals surface area (Å²) in [5.41, 5.74) is 1.37. The van der Waals surface area contributed by atoms with Crippen LogP contribution in [0.3, 0.4) is 0 Å². The number of anilines is 1. The minimum atomic E-state index is -0.416. The SMILES string of the molecule is O=C1c2ccccc2C(=O)N1c1ncnc2nccnc12. The molecule has 4 rings (SSSR count). The number of aromatic nitrogens is 4. The molecule has 1 aliphatic rings. The number of hydrogen-bond acceptors (Lipinski definition) is 6. The molecule has 0 saturated heterocycles. The molecule has 7 heteroatoms. The summed E-state index contributed by atoms with van der Waals surface area (Å²) in [5.74, 6) is -0.679. The number of carbonyl (C=O) groups excluding carboxylic acids is 2. The molecule has 0 spiro atoms. The Hall–Kier alpha value is -3.22. The van der Waals surface area contributed by atoms with Crippen molar-refractivity contribution in [3.8, 4) is 0 Å². The Labute approximate surface area is 118 Å². The highest BCUT2D eigenvalue weighted by atomic mass is 16.2. The average molecular weight is 277 g/mol. The van der Waals surface area contributed by atoms with Gasteiger partial charge in [0, 0.05) is 12.4 Å². The highest BCUT2D eigenvalue weighted by Gasteiger charge is 2.38. The molecule has 0 N–H and O–H groups in total. The van der Waals surface area contributed by atoms with E-state index in [1.807, 2.05) is 0 Å². The molecule has 0 unspecified atom stereocenters. The first kappa shape index (κ1) is 11.6. The van der Waals surface area contributed by atoms with Crippen molar-refractivity contribution >= 4 is 28.8 Å². The zero-order valence-corrected chi connectivity index (χ0v) is 10.6. The lowest BCUT2D eigenvalue weighted by Crippen LogP contribution is -2.30. The van der Waals surface area contributed by atoms with E-state index in [4.69, 9.17) is 0 Å². The van der Waals surface area contributed by atoms with Gasteiger partial charge in [-0.1, -0.05) is 12.1 Å². The van der Waals surface area contributed by atoms with Gasteiger partial charge in [0.2, 0.25) is 0 Å². The van der Waals surface area contributed by atoms with E-state index in [-0.39, 0.29) is 5.82 Å². The van der Waals surface area contributed by atoms with Crippen LogP contribution in [0.1, 0.15) is 20.7 Å². The molecule has 0 atom stereocenters. The lowest BCUT2D eigenvalue weighted by Gasteiger charge is -2.13. The van der Waals surface area contributed by atoms with E-state index in [0.717, 1.165) is 4.90 Å². The summed E-state index contributed by atoms with van der Waals surface area (Å²) >= 11 is 0. The monoisotopic (exact) mass is 277 g/mol. The summed E-state index contributed by atoms with van der Waals surface area (Å²) in [7, 11) is 0. The number of imide groups is 1. The van der Waals surface area contributed by atoms with Gasteiger partial charge in [-0.2, -0.15) is 0 Å². The number of rotatable bonds is 1. The lowest BCUT2D eigenvalue weighted by atomic mass is 10.1. The van der Waals surface area contributed by atoms with Crippen LogP contribution < -0.4 is 4.90 Å². The Kier molecular flexibility index (Phi) is 2.28. The molecule has 2 amide bonds. The average Bonchev–Trinajstić information content (AvgIpc) is 2.79. The van der Waals surface area contributed by atoms with Crippen molar-refractivity contribution in [2.45, 2.75) is 0 Å². The quantitative estimate of drug-likeness (QED) is 0.621. The minimum absolute atomic E-state index is 0.152. The zero-order valence-electron chi connectivity index (χ0n) is 10.6. The van der Waals surface area contributed by atoms with Crippen molar-refractivity contribution in [1.29, 1.82) is 0 Å². The number of amides is 2. The summed E-state index contributed by atoms with van der Waals surface area (Å²) in [6.45, 7) is 0. The summed E-state index contributed by atoms with van der Waals surface area (Å²) in [4.78, 5) is 42.1. The number of nitrogens with zero attached hydrogens (tertiary/aromatic N) is 5. The van der Waals surface area contributed by atoms with Crippen LogP contribution in [0.15, 0.2) is 43.0 Å². The zero-order chi connectivity index (χ0) is 14.4. The maximum Gasteiger partial charge on any atom is 0.267 e. The molecule has 7 nitrogen and oxygen atoms in total. The molecular formula is C14H7N5O2. The molecule has 3 heterocycles. The Morgan fingerprint density at radius 1 is 0.810 bits per heavy atom. The van der Waals surface area contributed by atoms with E-state index in [1.165, 1.54) is 18.7 Å². The molecule has 0 bridgehead atoms. The molecule has 0 radical (unpaired) electrons. The van der Waals surface area contributed by atoms with Crippen molar-refractivity contribution in [2.24, 2.45) is 0 Å². The molecule has 2 aromatic heterocycles. The topological polar surface area (TPSA) is 88.9 Å². The first-order valence-electron chi connectivity index (χ1n) is 6.17. The molecule has 1 aliphatic heterocycles. The Morgan fingerprint density at radius 3 is 2.19 bits per heavy atom. The molecule has 0 saturated carbocycles. The third-order valence-corrected chi connectivity index (χ3v) is 3.26. The molecule has 0 fully saturated rings. The van der Waals surface area contributed by atoms with Crippen LogP contribution in [0.5, 0.6) is 0 Å². The standard InChI is InChI=1S/C14H7N5O2/c20-13-8-3-1-2-4-9(8)14(21)19(13)12-10-11(17-7-18-12)16-6-5-15-10/h1-7H. The second-order valence-corrected chi connectivity index (χ2v) is 4.42. The second kappa shape index (κ2) is 4.14. The van der Waals surface area contributed by atoms with Crippen molar-refractivity contribution in [3.63, 3.8) is 0 Å². The van der Waals surface area contributed by atoms with Gasteiger partial charge in [-0.3, -0.25) is 9.59 Å². The van der Waals surface area contributed by atoms with Crippen molar-refractivity contribution in [3.05, 3.63) is 54.1 Å². The Morgan fingerprint density at radius 2 is 1.48 bits per heavy atom. The van der Waals surface area contributed by atoms with Gasteiger partial charge in [0.1, 0.15) is 6.33 Å². The third-order valence-electron chi connectivity index (χ3n) is 3.26. The lowest BCUT2D eigenvalue weighted by molar-refractivity contribution is 0.0925. The fourth-order valence-corrected chi connectivity index (χ4v) is 2.33. The first-order valence-corrected chi connectivity index (χ1v) is 6.17. The predicted molar refractivity (Wildman–Crippen MR) is 72.7 cm³/mol. The number of fused-ring (bicyclic) bond motifs is 2. The molecular weight excluding hydrogens is 270 g/mol. The summed E-state index contributed by atoms with van der Waals surface area (Å²) in [6.07, 6.45) is 4.21. The van der Waals surface area contributed by atoms with Crippen LogP contribution in [0.4, 0.5) is 5.82 Å². The fourth-order valence-electron chi connectivity index (χ4n) is 2.33. The van der Waals surface area contributed by atoms with Gasteiger partial charge in [-0.15, -0.1) is 0 Å². The Balaban J connectivity index is 1.95. The van der Waals surface area contributed by atoms with Crippen LogP contribution in [0.25, 0.3) is 11.2 Å². The smallest absolute Gasteiger partial charge is 0.267 e. The van der Waals surface area contributed by atoms with Gasteiger partial charge in [-0.05, 0) is 12.1 Å². The van der Waals surface area contributed by atoms with Gasteiger partial charge in [0.05, 0.1) is 11.1 Å². The number of carbonyl (C=O) groups is 2. The third kappa shape index (κ3) is 1.54. The van der Waals surface area contributed by atoms with Gasteiger partial charge < -0.3 is 0 Å². The molecule has 100 valence electrons. The van der Waals surface area contributed by atoms with Crippen LogP contribution in [-0.4, -0.2) is 31.8 Å².